The molecule has 2 N–H and O–H groups in total. The van der Waals surface area contributed by atoms with Crippen molar-refractivity contribution >= 4 is 23.4 Å². The van der Waals surface area contributed by atoms with Crippen LogP contribution in [0.25, 0.3) is 0 Å². The molecular weight excluding hydrogens is 358 g/mol. The zero-order valence-electron chi connectivity index (χ0n) is 16.3. The molecule has 0 aliphatic heterocycles. The maximum Gasteiger partial charge on any atom is 0.251 e. The minimum absolute atomic E-state index is 0.0728. The molecule has 2 rings (SSSR count). The zero-order chi connectivity index (χ0) is 20.5. The van der Waals surface area contributed by atoms with Crippen LogP contribution in [0.15, 0.2) is 48.5 Å². The van der Waals surface area contributed by atoms with Gasteiger partial charge in [0.2, 0.25) is 11.8 Å². The van der Waals surface area contributed by atoms with E-state index in [9.17, 15) is 14.4 Å². The van der Waals surface area contributed by atoms with Crippen molar-refractivity contribution in [1.29, 1.82) is 0 Å². The van der Waals surface area contributed by atoms with Gasteiger partial charge in [-0.25, -0.2) is 0 Å². The van der Waals surface area contributed by atoms with Gasteiger partial charge in [0.15, 0.2) is 0 Å². The number of carbonyl (C=O) groups is 3. The van der Waals surface area contributed by atoms with Crippen LogP contribution >= 0.6 is 0 Å². The van der Waals surface area contributed by atoms with Gasteiger partial charge in [-0.15, -0.1) is 0 Å². The summed E-state index contributed by atoms with van der Waals surface area (Å²) in [6.45, 7) is 1.99. The highest BCUT2D eigenvalue weighted by atomic mass is 16.5. The molecule has 148 valence electrons. The molecule has 7 heteroatoms. The van der Waals surface area contributed by atoms with Crippen molar-refractivity contribution in [1.82, 2.24) is 10.2 Å². The minimum atomic E-state index is -0.301. The zero-order valence-corrected chi connectivity index (χ0v) is 16.3. The highest BCUT2D eigenvalue weighted by Crippen LogP contribution is 2.14. The monoisotopic (exact) mass is 383 g/mol. The van der Waals surface area contributed by atoms with Crippen molar-refractivity contribution < 1.29 is 19.1 Å². The molecule has 7 nitrogen and oxygen atoms in total. The standard InChI is InChI=1S/C21H25N3O4/c1-15-6-4-5-7-18(15)21(27)22-13-12-20(26)24(2)14-19(25)23-16-8-10-17(28-3)11-9-16/h4-11H,12-14H2,1-3H3,(H,22,27)(H,23,25). The van der Waals surface area contributed by atoms with Gasteiger partial charge in [-0.2, -0.15) is 0 Å². The maximum atomic E-state index is 12.2. The summed E-state index contributed by atoms with van der Waals surface area (Å²) in [7, 11) is 3.12. The molecule has 2 aromatic carbocycles. The fourth-order valence-corrected chi connectivity index (χ4v) is 2.58. The van der Waals surface area contributed by atoms with E-state index in [1.54, 1.807) is 50.6 Å². The molecule has 0 fully saturated rings. The fourth-order valence-electron chi connectivity index (χ4n) is 2.58. The fraction of sp³-hybridized carbons (Fsp3) is 0.286. The minimum Gasteiger partial charge on any atom is -0.497 e. The Hall–Kier alpha value is -3.35. The summed E-state index contributed by atoms with van der Waals surface area (Å²) in [5.74, 6) is -0.0521. The van der Waals surface area contributed by atoms with Crippen molar-refractivity contribution in [2.45, 2.75) is 13.3 Å². The van der Waals surface area contributed by atoms with Crippen LogP contribution in [-0.2, 0) is 9.59 Å². The number of methoxy groups -OCH3 is 1. The number of hydrogen-bond acceptors (Lipinski definition) is 4. The second-order valence-corrected chi connectivity index (χ2v) is 6.35. The van der Waals surface area contributed by atoms with Crippen molar-refractivity contribution in [3.8, 4) is 5.75 Å². The van der Waals surface area contributed by atoms with E-state index in [4.69, 9.17) is 4.74 Å². The van der Waals surface area contributed by atoms with Crippen LogP contribution in [0, 0.1) is 6.92 Å². The third-order valence-corrected chi connectivity index (χ3v) is 4.19. The molecule has 0 heterocycles. The van der Waals surface area contributed by atoms with Gasteiger partial charge in [0, 0.05) is 31.3 Å². The normalized spacial score (nSPS) is 10.1. The molecule has 0 saturated carbocycles. The summed E-state index contributed by atoms with van der Waals surface area (Å²) in [6, 6.07) is 14.2. The first-order valence-corrected chi connectivity index (χ1v) is 8.92. The Labute approximate surface area is 164 Å². The number of ether oxygens (including phenoxy) is 1. The lowest BCUT2D eigenvalue weighted by Gasteiger charge is -2.17. The molecule has 0 unspecified atom stereocenters. The van der Waals surface area contributed by atoms with Crippen LogP contribution in [0.2, 0.25) is 0 Å². The third kappa shape index (κ3) is 6.12. The molecule has 0 radical (unpaired) electrons. The molecule has 0 aliphatic carbocycles. The van der Waals surface area contributed by atoms with Gasteiger partial charge in [0.25, 0.3) is 5.91 Å². The van der Waals surface area contributed by atoms with Crippen molar-refractivity contribution in [3.05, 3.63) is 59.7 Å². The molecule has 2 aromatic rings. The van der Waals surface area contributed by atoms with Crippen LogP contribution in [0.3, 0.4) is 0 Å². The number of hydrogen-bond donors (Lipinski definition) is 2. The second-order valence-electron chi connectivity index (χ2n) is 6.35. The van der Waals surface area contributed by atoms with Crippen molar-refractivity contribution in [3.63, 3.8) is 0 Å². The van der Waals surface area contributed by atoms with E-state index in [1.165, 1.54) is 4.90 Å². The van der Waals surface area contributed by atoms with E-state index in [-0.39, 0.29) is 37.2 Å². The maximum absolute atomic E-state index is 12.2. The van der Waals surface area contributed by atoms with Crippen LogP contribution < -0.4 is 15.4 Å². The van der Waals surface area contributed by atoms with Gasteiger partial charge in [0.1, 0.15) is 5.75 Å². The summed E-state index contributed by atoms with van der Waals surface area (Å²) in [6.07, 6.45) is 0.115. The van der Waals surface area contributed by atoms with Crippen LogP contribution in [0.5, 0.6) is 5.75 Å². The lowest BCUT2D eigenvalue weighted by Crippen LogP contribution is -2.37. The molecule has 0 spiro atoms. The van der Waals surface area contributed by atoms with E-state index in [0.29, 0.717) is 17.0 Å². The summed E-state index contributed by atoms with van der Waals surface area (Å²) in [5, 5.41) is 5.45. The molecular formula is C21H25N3O4. The number of anilines is 1. The van der Waals surface area contributed by atoms with Gasteiger partial charge in [-0.3, -0.25) is 14.4 Å². The molecule has 28 heavy (non-hydrogen) atoms. The molecule has 0 atom stereocenters. The molecule has 0 aliphatic rings. The summed E-state index contributed by atoms with van der Waals surface area (Å²) in [4.78, 5) is 37.7. The van der Waals surface area contributed by atoms with E-state index in [0.717, 1.165) is 5.56 Å². The summed E-state index contributed by atoms with van der Waals surface area (Å²) in [5.41, 5.74) is 2.08. The van der Waals surface area contributed by atoms with Gasteiger partial charge < -0.3 is 20.3 Å². The van der Waals surface area contributed by atoms with Crippen molar-refractivity contribution in [2.24, 2.45) is 0 Å². The highest BCUT2D eigenvalue weighted by molar-refractivity contribution is 5.96. The lowest BCUT2D eigenvalue weighted by molar-refractivity contribution is -0.133. The first-order valence-electron chi connectivity index (χ1n) is 8.92. The van der Waals surface area contributed by atoms with Crippen molar-refractivity contribution in [2.75, 3.05) is 32.6 Å². The Bertz CT molecular complexity index is 834. The number of carbonyl (C=O) groups excluding carboxylic acids is 3. The first-order chi connectivity index (χ1) is 13.4. The number of nitrogens with zero attached hydrogens (tertiary/aromatic N) is 1. The van der Waals surface area contributed by atoms with E-state index < -0.39 is 0 Å². The first kappa shape index (κ1) is 21.0. The average Bonchev–Trinajstić information content (AvgIpc) is 2.68. The van der Waals surface area contributed by atoms with E-state index in [1.807, 2.05) is 19.1 Å². The number of likely N-dealkylation sites (N-methyl/N-ethyl adjacent to an activating group) is 1. The van der Waals surface area contributed by atoms with Gasteiger partial charge >= 0.3 is 0 Å². The number of nitrogens with one attached hydrogen (secondary N) is 2. The number of benzene rings is 2. The Morgan fingerprint density at radius 1 is 1.04 bits per heavy atom. The van der Waals surface area contributed by atoms with E-state index >= 15 is 0 Å². The Balaban J connectivity index is 1.75. The van der Waals surface area contributed by atoms with Crippen LogP contribution in [0.4, 0.5) is 5.69 Å². The Kier molecular flexibility index (Phi) is 7.56. The largest absolute Gasteiger partial charge is 0.497 e. The van der Waals surface area contributed by atoms with Gasteiger partial charge in [0.05, 0.1) is 13.7 Å². The molecule has 0 saturated heterocycles. The summed E-state index contributed by atoms with van der Waals surface area (Å²) < 4.78 is 5.06. The predicted octanol–water partition coefficient (Wildman–Crippen LogP) is 2.22. The predicted molar refractivity (Wildman–Crippen MR) is 107 cm³/mol. The van der Waals surface area contributed by atoms with Crippen LogP contribution in [-0.4, -0.2) is 49.9 Å². The highest BCUT2D eigenvalue weighted by Gasteiger charge is 2.14. The molecule has 0 aromatic heterocycles. The topological polar surface area (TPSA) is 87.7 Å². The number of amides is 3. The van der Waals surface area contributed by atoms with Gasteiger partial charge in [-0.1, -0.05) is 18.2 Å². The van der Waals surface area contributed by atoms with Crippen LogP contribution in [0.1, 0.15) is 22.3 Å². The SMILES string of the molecule is COc1ccc(NC(=O)CN(C)C(=O)CCNC(=O)c2ccccc2C)cc1. The van der Waals surface area contributed by atoms with Gasteiger partial charge in [-0.05, 0) is 42.8 Å². The number of aryl methyl sites for hydroxylation is 1. The number of rotatable bonds is 8. The third-order valence-electron chi connectivity index (χ3n) is 4.19. The molecule has 3 amide bonds. The summed E-state index contributed by atoms with van der Waals surface area (Å²) >= 11 is 0. The average molecular weight is 383 g/mol. The smallest absolute Gasteiger partial charge is 0.251 e. The Morgan fingerprint density at radius 2 is 1.71 bits per heavy atom. The Morgan fingerprint density at radius 3 is 2.36 bits per heavy atom. The molecule has 0 bridgehead atoms. The quantitative estimate of drug-likeness (QED) is 0.732. The van der Waals surface area contributed by atoms with E-state index in [2.05, 4.69) is 10.6 Å². The lowest BCUT2D eigenvalue weighted by atomic mass is 10.1. The second kappa shape index (κ2) is 10.1.